The van der Waals surface area contributed by atoms with Crippen LogP contribution in [0, 0.1) is 15.9 Å². The molecule has 0 aliphatic carbocycles. The van der Waals surface area contributed by atoms with E-state index in [2.05, 4.69) is 15.4 Å². The molecule has 4 rings (SSSR count). The van der Waals surface area contributed by atoms with Crippen LogP contribution in [0.15, 0.2) is 36.7 Å². The highest BCUT2D eigenvalue weighted by Crippen LogP contribution is 2.40. The van der Waals surface area contributed by atoms with Gasteiger partial charge < -0.3 is 19.7 Å². The van der Waals surface area contributed by atoms with Crippen molar-refractivity contribution in [3.8, 4) is 5.75 Å². The minimum Gasteiger partial charge on any atom is -0.491 e. The van der Waals surface area contributed by atoms with Gasteiger partial charge in [-0.05, 0) is 57.9 Å². The van der Waals surface area contributed by atoms with Gasteiger partial charge >= 0.3 is 11.8 Å². The molecule has 3 aromatic rings. The molecule has 1 N–H and O–H groups in total. The number of hydrogen-bond donors (Lipinski definition) is 1. The van der Waals surface area contributed by atoms with Crippen molar-refractivity contribution < 1.29 is 23.6 Å². The molecule has 0 radical (unpaired) electrons. The predicted molar refractivity (Wildman–Crippen MR) is 125 cm³/mol. The second-order valence-electron chi connectivity index (χ2n) is 9.15. The lowest BCUT2D eigenvalue weighted by atomic mass is 10.0. The SMILES string of the molecule is CC(C)(C)OC(=O)NCCOc1ccc(F)cc1[C@H]1CCCN1c1ccn2ncc([N+](=O)[O-])c2n1. The normalized spacial score (nSPS) is 15.9. The first-order valence-corrected chi connectivity index (χ1v) is 11.3. The van der Waals surface area contributed by atoms with Crippen LogP contribution < -0.4 is 15.0 Å². The number of ether oxygens (including phenoxy) is 2. The molecule has 1 aliphatic heterocycles. The van der Waals surface area contributed by atoms with E-state index in [1.165, 1.54) is 16.6 Å². The average molecular weight is 487 g/mol. The lowest BCUT2D eigenvalue weighted by molar-refractivity contribution is -0.383. The molecular weight excluding hydrogens is 459 g/mol. The number of fused-ring (bicyclic) bond motifs is 1. The molecule has 186 valence electrons. The van der Waals surface area contributed by atoms with Gasteiger partial charge in [-0.1, -0.05) is 0 Å². The zero-order valence-electron chi connectivity index (χ0n) is 19.7. The Morgan fingerprint density at radius 1 is 1.34 bits per heavy atom. The fourth-order valence-electron chi connectivity index (χ4n) is 4.04. The summed E-state index contributed by atoms with van der Waals surface area (Å²) in [6.07, 6.45) is 3.79. The number of halogens is 1. The van der Waals surface area contributed by atoms with Crippen LogP contribution >= 0.6 is 0 Å². The van der Waals surface area contributed by atoms with E-state index in [0.29, 0.717) is 23.7 Å². The summed E-state index contributed by atoms with van der Waals surface area (Å²) in [7, 11) is 0. The third-order valence-electron chi connectivity index (χ3n) is 5.44. The van der Waals surface area contributed by atoms with E-state index in [0.717, 1.165) is 19.0 Å². The van der Waals surface area contributed by atoms with E-state index < -0.39 is 22.4 Å². The number of alkyl carbamates (subject to hydrolysis) is 1. The van der Waals surface area contributed by atoms with Crippen molar-refractivity contribution in [2.45, 2.75) is 45.3 Å². The highest BCUT2D eigenvalue weighted by molar-refractivity contribution is 5.67. The lowest BCUT2D eigenvalue weighted by Crippen LogP contribution is -2.34. The smallest absolute Gasteiger partial charge is 0.407 e. The standard InChI is InChI=1S/C23H27FN6O5/c1-23(2,3)35-22(31)25-9-12-34-19-7-6-15(24)13-16(19)17-5-4-10-28(17)20-8-11-29-21(27-20)18(14-26-29)30(32)33/h6-8,11,13-14,17H,4-5,9-10,12H2,1-3H3,(H,25,31)/t17-/m1/s1. The lowest BCUT2D eigenvalue weighted by Gasteiger charge is -2.27. The maximum Gasteiger partial charge on any atom is 0.407 e. The van der Waals surface area contributed by atoms with Crippen LogP contribution in [0.5, 0.6) is 5.75 Å². The molecule has 35 heavy (non-hydrogen) atoms. The Labute approximate surface area is 201 Å². The van der Waals surface area contributed by atoms with Crippen LogP contribution in [0.2, 0.25) is 0 Å². The Kier molecular flexibility index (Phi) is 6.72. The zero-order chi connectivity index (χ0) is 25.2. The second-order valence-corrected chi connectivity index (χ2v) is 9.15. The topological polar surface area (TPSA) is 124 Å². The van der Waals surface area contributed by atoms with Crippen molar-refractivity contribution >= 4 is 23.2 Å². The summed E-state index contributed by atoms with van der Waals surface area (Å²) in [5.41, 5.74) is -0.00326. The van der Waals surface area contributed by atoms with Gasteiger partial charge in [0.1, 0.15) is 35.8 Å². The van der Waals surface area contributed by atoms with Crippen molar-refractivity contribution in [3.63, 3.8) is 0 Å². The molecule has 12 heteroatoms. The first-order valence-electron chi connectivity index (χ1n) is 11.3. The number of aromatic nitrogens is 3. The summed E-state index contributed by atoms with van der Waals surface area (Å²) in [4.78, 5) is 29.1. The van der Waals surface area contributed by atoms with E-state index >= 15 is 0 Å². The van der Waals surface area contributed by atoms with Gasteiger partial charge in [0.15, 0.2) is 0 Å². The summed E-state index contributed by atoms with van der Waals surface area (Å²) in [6.45, 7) is 6.35. The van der Waals surface area contributed by atoms with Crippen molar-refractivity contribution in [2.75, 3.05) is 24.6 Å². The van der Waals surface area contributed by atoms with Crippen molar-refractivity contribution in [3.05, 3.63) is 58.2 Å². The van der Waals surface area contributed by atoms with E-state index in [1.807, 2.05) is 4.90 Å². The monoisotopic (exact) mass is 486 g/mol. The van der Waals surface area contributed by atoms with Gasteiger partial charge in [0.05, 0.1) is 17.5 Å². The maximum absolute atomic E-state index is 14.2. The van der Waals surface area contributed by atoms with Gasteiger partial charge in [-0.3, -0.25) is 10.1 Å². The van der Waals surface area contributed by atoms with Crippen molar-refractivity contribution in [2.24, 2.45) is 0 Å². The molecule has 1 aromatic carbocycles. The zero-order valence-corrected chi connectivity index (χ0v) is 19.7. The molecule has 3 heterocycles. The summed E-state index contributed by atoms with van der Waals surface area (Å²) < 4.78 is 26.7. The Bertz CT molecular complexity index is 1240. The number of carbonyl (C=O) groups is 1. The fraction of sp³-hybridized carbons (Fsp3) is 0.435. The second kappa shape index (κ2) is 9.72. The van der Waals surface area contributed by atoms with Crippen molar-refractivity contribution in [1.29, 1.82) is 0 Å². The number of anilines is 1. The molecule has 0 spiro atoms. The van der Waals surface area contributed by atoms with Gasteiger partial charge in [0, 0.05) is 18.3 Å². The van der Waals surface area contributed by atoms with Gasteiger partial charge in [-0.2, -0.15) is 5.10 Å². The quantitative estimate of drug-likeness (QED) is 0.302. The number of nitrogens with one attached hydrogen (secondary N) is 1. The van der Waals surface area contributed by atoms with Gasteiger partial charge in [0.2, 0.25) is 5.65 Å². The summed E-state index contributed by atoms with van der Waals surface area (Å²) in [5.74, 6) is 0.622. The minimum atomic E-state index is -0.602. The van der Waals surface area contributed by atoms with Crippen LogP contribution in [0.1, 0.15) is 45.2 Å². The minimum absolute atomic E-state index is 0.141. The molecule has 0 saturated carbocycles. The molecule has 1 saturated heterocycles. The van der Waals surface area contributed by atoms with Gasteiger partial charge in [0.25, 0.3) is 0 Å². The van der Waals surface area contributed by atoms with E-state index in [-0.39, 0.29) is 30.5 Å². The Hall–Kier alpha value is -3.96. The molecule has 0 bridgehead atoms. The number of rotatable bonds is 7. The first-order chi connectivity index (χ1) is 16.6. The van der Waals surface area contributed by atoms with Crippen LogP contribution in [0.3, 0.4) is 0 Å². The molecule has 0 unspecified atom stereocenters. The molecular formula is C23H27FN6O5. The number of benzene rings is 1. The van der Waals surface area contributed by atoms with Gasteiger partial charge in [-0.25, -0.2) is 18.7 Å². The van der Waals surface area contributed by atoms with Crippen LogP contribution in [0.4, 0.5) is 20.7 Å². The Morgan fingerprint density at radius 2 is 2.14 bits per heavy atom. The Morgan fingerprint density at radius 3 is 2.89 bits per heavy atom. The molecule has 1 amide bonds. The summed E-state index contributed by atoms with van der Waals surface area (Å²) >= 11 is 0. The highest BCUT2D eigenvalue weighted by Gasteiger charge is 2.31. The number of hydrogen-bond acceptors (Lipinski definition) is 8. The highest BCUT2D eigenvalue weighted by atomic mass is 19.1. The predicted octanol–water partition coefficient (Wildman–Crippen LogP) is 4.02. The molecule has 1 fully saturated rings. The van der Waals surface area contributed by atoms with Crippen LogP contribution in [-0.2, 0) is 4.74 Å². The van der Waals surface area contributed by atoms with Crippen molar-refractivity contribution in [1.82, 2.24) is 19.9 Å². The number of nitro groups is 1. The molecule has 2 aromatic heterocycles. The largest absolute Gasteiger partial charge is 0.491 e. The molecule has 11 nitrogen and oxygen atoms in total. The van der Waals surface area contributed by atoms with E-state index in [1.54, 1.807) is 39.1 Å². The first kappa shape index (κ1) is 24.2. The summed E-state index contributed by atoms with van der Waals surface area (Å²) in [5, 5.41) is 17.9. The third-order valence-corrected chi connectivity index (χ3v) is 5.44. The summed E-state index contributed by atoms with van der Waals surface area (Å²) in [6, 6.07) is 5.80. The molecule has 1 atom stereocenters. The van der Waals surface area contributed by atoms with Crippen LogP contribution in [0.25, 0.3) is 5.65 Å². The third kappa shape index (κ3) is 5.58. The number of carbonyl (C=O) groups excluding carboxylic acids is 1. The fourth-order valence-corrected chi connectivity index (χ4v) is 4.04. The molecule has 1 aliphatic rings. The van der Waals surface area contributed by atoms with E-state index in [9.17, 15) is 19.3 Å². The van der Waals surface area contributed by atoms with Crippen LogP contribution in [-0.4, -0.2) is 50.9 Å². The number of amides is 1. The van der Waals surface area contributed by atoms with E-state index in [4.69, 9.17) is 9.47 Å². The Balaban J connectivity index is 1.52. The maximum atomic E-state index is 14.2. The average Bonchev–Trinajstić information content (AvgIpc) is 3.43. The van der Waals surface area contributed by atoms with Gasteiger partial charge in [-0.15, -0.1) is 0 Å². The number of nitrogens with zero attached hydrogens (tertiary/aromatic N) is 5.